The standard InChI is InChI=1S/C20H16ClFO5/c1-11(2)26-19(23)10-25-12-6-7-13-17(8-12)27-18(20(13)24)9-14-15(21)4-3-5-16(14)22/h3-9,11H,10H2,1-2H3/b18-9-. The summed E-state index contributed by atoms with van der Waals surface area (Å²) in [4.78, 5) is 24.0. The van der Waals surface area contributed by atoms with Gasteiger partial charge in [-0.3, -0.25) is 4.79 Å². The van der Waals surface area contributed by atoms with Crippen LogP contribution in [0, 0.1) is 5.82 Å². The van der Waals surface area contributed by atoms with Crippen molar-refractivity contribution >= 4 is 29.4 Å². The number of halogens is 2. The molecule has 0 aromatic heterocycles. The molecular formula is C20H16ClFO5. The van der Waals surface area contributed by atoms with Crippen molar-refractivity contribution in [3.05, 3.63) is 64.1 Å². The molecule has 5 nitrogen and oxygen atoms in total. The van der Waals surface area contributed by atoms with Crippen molar-refractivity contribution in [2.75, 3.05) is 6.61 Å². The van der Waals surface area contributed by atoms with Crippen LogP contribution in [0.1, 0.15) is 29.8 Å². The van der Waals surface area contributed by atoms with E-state index in [1.165, 1.54) is 36.4 Å². The summed E-state index contributed by atoms with van der Waals surface area (Å²) >= 11 is 5.98. The molecule has 2 aromatic carbocycles. The second kappa shape index (κ2) is 7.80. The minimum absolute atomic E-state index is 0.0478. The van der Waals surface area contributed by atoms with Gasteiger partial charge in [0.2, 0.25) is 5.78 Å². The maximum atomic E-state index is 13.9. The van der Waals surface area contributed by atoms with Crippen LogP contribution in [0.2, 0.25) is 5.02 Å². The quantitative estimate of drug-likeness (QED) is 0.558. The van der Waals surface area contributed by atoms with Crippen molar-refractivity contribution in [2.24, 2.45) is 0 Å². The van der Waals surface area contributed by atoms with Crippen LogP contribution in [0.15, 0.2) is 42.2 Å². The Labute approximate surface area is 160 Å². The summed E-state index contributed by atoms with van der Waals surface area (Å²) in [5.74, 6) is -0.906. The highest BCUT2D eigenvalue weighted by Crippen LogP contribution is 2.35. The highest BCUT2D eigenvalue weighted by atomic mass is 35.5. The van der Waals surface area contributed by atoms with Gasteiger partial charge in [0, 0.05) is 11.6 Å². The predicted molar refractivity (Wildman–Crippen MR) is 97.5 cm³/mol. The first-order valence-corrected chi connectivity index (χ1v) is 8.57. The van der Waals surface area contributed by atoms with Gasteiger partial charge in [-0.25, -0.2) is 9.18 Å². The van der Waals surface area contributed by atoms with Crippen molar-refractivity contribution in [1.82, 2.24) is 0 Å². The number of hydrogen-bond acceptors (Lipinski definition) is 5. The van der Waals surface area contributed by atoms with Crippen molar-refractivity contribution in [1.29, 1.82) is 0 Å². The van der Waals surface area contributed by atoms with Crippen molar-refractivity contribution in [2.45, 2.75) is 20.0 Å². The third kappa shape index (κ3) is 4.28. The van der Waals surface area contributed by atoms with E-state index in [4.69, 9.17) is 25.8 Å². The number of hydrogen-bond donors (Lipinski definition) is 0. The lowest BCUT2D eigenvalue weighted by atomic mass is 10.1. The van der Waals surface area contributed by atoms with Gasteiger partial charge in [0.25, 0.3) is 0 Å². The smallest absolute Gasteiger partial charge is 0.344 e. The topological polar surface area (TPSA) is 61.8 Å². The van der Waals surface area contributed by atoms with E-state index in [9.17, 15) is 14.0 Å². The summed E-state index contributed by atoms with van der Waals surface area (Å²) < 4.78 is 29.8. The fraction of sp³-hybridized carbons (Fsp3) is 0.200. The molecule has 0 saturated heterocycles. The lowest BCUT2D eigenvalue weighted by molar-refractivity contribution is -0.149. The Bertz CT molecular complexity index is 916. The molecular weight excluding hydrogens is 375 g/mol. The van der Waals surface area contributed by atoms with E-state index in [1.807, 2.05) is 0 Å². The number of fused-ring (bicyclic) bond motifs is 1. The largest absolute Gasteiger partial charge is 0.482 e. The average molecular weight is 391 g/mol. The SMILES string of the molecule is CC(C)OC(=O)COc1ccc2c(c1)O/C(=C\c1c(F)cccc1Cl)C2=O. The van der Waals surface area contributed by atoms with Crippen LogP contribution in [-0.4, -0.2) is 24.5 Å². The molecule has 3 rings (SSSR count). The van der Waals surface area contributed by atoms with Gasteiger partial charge in [-0.15, -0.1) is 0 Å². The average Bonchev–Trinajstić information content (AvgIpc) is 2.91. The van der Waals surface area contributed by atoms with Gasteiger partial charge in [0.15, 0.2) is 12.4 Å². The molecule has 0 bridgehead atoms. The third-order valence-corrected chi connectivity index (χ3v) is 3.97. The van der Waals surface area contributed by atoms with E-state index in [2.05, 4.69) is 0 Å². The van der Waals surface area contributed by atoms with Gasteiger partial charge in [-0.1, -0.05) is 17.7 Å². The van der Waals surface area contributed by atoms with E-state index in [0.717, 1.165) is 0 Å². The molecule has 7 heteroatoms. The second-order valence-corrected chi connectivity index (χ2v) is 6.47. The van der Waals surface area contributed by atoms with Crippen LogP contribution in [-0.2, 0) is 9.53 Å². The number of allylic oxidation sites excluding steroid dienone is 1. The molecule has 0 radical (unpaired) electrons. The fourth-order valence-electron chi connectivity index (χ4n) is 2.48. The first kappa shape index (κ1) is 18.9. The van der Waals surface area contributed by atoms with Crippen LogP contribution >= 0.6 is 11.6 Å². The van der Waals surface area contributed by atoms with Crippen LogP contribution in [0.25, 0.3) is 6.08 Å². The zero-order valence-corrected chi connectivity index (χ0v) is 15.4. The maximum Gasteiger partial charge on any atom is 0.344 e. The first-order valence-electron chi connectivity index (χ1n) is 8.19. The Hall–Kier alpha value is -2.86. The summed E-state index contributed by atoms with van der Waals surface area (Å²) in [6.45, 7) is 3.21. The normalized spacial score (nSPS) is 14.3. The Morgan fingerprint density at radius 1 is 1.30 bits per heavy atom. The fourth-order valence-corrected chi connectivity index (χ4v) is 2.69. The number of benzene rings is 2. The molecule has 0 aliphatic carbocycles. The van der Waals surface area contributed by atoms with Crippen LogP contribution in [0.4, 0.5) is 4.39 Å². The first-order chi connectivity index (χ1) is 12.8. The zero-order valence-electron chi connectivity index (χ0n) is 14.6. The summed E-state index contributed by atoms with van der Waals surface area (Å²) in [6, 6.07) is 8.78. The number of esters is 1. The molecule has 1 aliphatic heterocycles. The number of Topliss-reactive ketones (excluding diaryl/α,β-unsaturated/α-hetero) is 1. The van der Waals surface area contributed by atoms with Crippen LogP contribution in [0.3, 0.4) is 0 Å². The predicted octanol–water partition coefficient (Wildman–Crippen LogP) is 4.43. The molecule has 1 aliphatic rings. The van der Waals surface area contributed by atoms with Crippen LogP contribution in [0.5, 0.6) is 11.5 Å². The maximum absolute atomic E-state index is 13.9. The van der Waals surface area contributed by atoms with Gasteiger partial charge in [-0.05, 0) is 44.2 Å². The summed E-state index contributed by atoms with van der Waals surface area (Å²) in [5.41, 5.74) is 0.383. The van der Waals surface area contributed by atoms with Crippen molar-refractivity contribution in [3.8, 4) is 11.5 Å². The molecule has 0 N–H and O–H groups in total. The number of carbonyl (C=O) groups is 2. The molecule has 27 heavy (non-hydrogen) atoms. The number of rotatable bonds is 5. The molecule has 2 aromatic rings. The number of ether oxygens (including phenoxy) is 3. The van der Waals surface area contributed by atoms with Crippen molar-refractivity contribution < 1.29 is 28.2 Å². The van der Waals surface area contributed by atoms with Crippen molar-refractivity contribution in [3.63, 3.8) is 0 Å². The highest BCUT2D eigenvalue weighted by Gasteiger charge is 2.28. The second-order valence-electron chi connectivity index (χ2n) is 6.06. The molecule has 0 spiro atoms. The molecule has 0 amide bonds. The van der Waals surface area contributed by atoms with E-state index >= 15 is 0 Å². The highest BCUT2D eigenvalue weighted by molar-refractivity contribution is 6.32. The molecule has 140 valence electrons. The van der Waals surface area contributed by atoms with E-state index in [0.29, 0.717) is 11.3 Å². The Morgan fingerprint density at radius 2 is 2.07 bits per heavy atom. The van der Waals surface area contributed by atoms with Gasteiger partial charge >= 0.3 is 5.97 Å². The number of carbonyl (C=O) groups excluding carboxylic acids is 2. The number of ketones is 1. The lowest BCUT2D eigenvalue weighted by Crippen LogP contribution is -2.18. The van der Waals surface area contributed by atoms with Gasteiger partial charge in [-0.2, -0.15) is 0 Å². The Balaban J connectivity index is 1.77. The molecule has 0 fully saturated rings. The van der Waals surface area contributed by atoms with E-state index < -0.39 is 17.6 Å². The third-order valence-electron chi connectivity index (χ3n) is 3.64. The summed E-state index contributed by atoms with van der Waals surface area (Å²) in [7, 11) is 0. The molecule has 0 atom stereocenters. The van der Waals surface area contributed by atoms with E-state index in [1.54, 1.807) is 19.9 Å². The van der Waals surface area contributed by atoms with Gasteiger partial charge < -0.3 is 14.2 Å². The van der Waals surface area contributed by atoms with Gasteiger partial charge in [0.1, 0.15) is 17.3 Å². The van der Waals surface area contributed by atoms with Crippen LogP contribution < -0.4 is 9.47 Å². The summed E-state index contributed by atoms with van der Waals surface area (Å²) in [6.07, 6.45) is 1.03. The minimum atomic E-state index is -0.560. The minimum Gasteiger partial charge on any atom is -0.482 e. The summed E-state index contributed by atoms with van der Waals surface area (Å²) in [5, 5.41) is 0.169. The van der Waals surface area contributed by atoms with E-state index in [-0.39, 0.29) is 34.8 Å². The Morgan fingerprint density at radius 3 is 2.78 bits per heavy atom. The molecule has 0 unspecified atom stereocenters. The zero-order chi connectivity index (χ0) is 19.6. The monoisotopic (exact) mass is 390 g/mol. The Kier molecular flexibility index (Phi) is 5.46. The molecule has 1 heterocycles. The lowest BCUT2D eigenvalue weighted by Gasteiger charge is -2.09. The molecule has 0 saturated carbocycles. The van der Waals surface area contributed by atoms with Gasteiger partial charge in [0.05, 0.1) is 16.7 Å².